The van der Waals surface area contributed by atoms with Crippen molar-refractivity contribution < 1.29 is 0 Å². The van der Waals surface area contributed by atoms with Gasteiger partial charge in [0.15, 0.2) is 0 Å². The van der Waals surface area contributed by atoms with Gasteiger partial charge in [0.25, 0.3) is 0 Å². The Morgan fingerprint density at radius 2 is 1.41 bits per heavy atom. The van der Waals surface area contributed by atoms with Gasteiger partial charge in [-0.3, -0.25) is 0 Å². The van der Waals surface area contributed by atoms with Gasteiger partial charge in [0.2, 0.25) is 0 Å². The van der Waals surface area contributed by atoms with E-state index >= 15 is 0 Å². The molecular formula is C18H26N4. The van der Waals surface area contributed by atoms with Crippen LogP contribution in [0.4, 0.5) is 17.3 Å². The number of nitrogens with one attached hydrogen (secondary N) is 2. The summed E-state index contributed by atoms with van der Waals surface area (Å²) in [6.07, 6.45) is 1.57. The van der Waals surface area contributed by atoms with E-state index in [1.54, 1.807) is 6.33 Å². The van der Waals surface area contributed by atoms with Crippen molar-refractivity contribution in [3.05, 3.63) is 42.2 Å². The van der Waals surface area contributed by atoms with Crippen molar-refractivity contribution >= 4 is 17.3 Å². The molecule has 1 aromatic carbocycles. The molecule has 0 fully saturated rings. The number of rotatable bonds is 3. The van der Waals surface area contributed by atoms with Gasteiger partial charge in [-0.15, -0.1) is 0 Å². The second-order valence-corrected chi connectivity index (χ2v) is 7.62. The van der Waals surface area contributed by atoms with E-state index in [4.69, 9.17) is 0 Å². The fraction of sp³-hybridized carbons (Fsp3) is 0.444. The molecule has 2 rings (SSSR count). The highest BCUT2D eigenvalue weighted by atomic mass is 15.1. The third-order valence-electron chi connectivity index (χ3n) is 3.19. The van der Waals surface area contributed by atoms with Gasteiger partial charge >= 0.3 is 0 Å². The SMILES string of the molecule is CC(C)(C)Nc1cc(Nc2ccc(C(C)(C)C)cc2)ncn1. The fourth-order valence-corrected chi connectivity index (χ4v) is 2.08. The molecular weight excluding hydrogens is 272 g/mol. The summed E-state index contributed by atoms with van der Waals surface area (Å²) in [7, 11) is 0. The summed E-state index contributed by atoms with van der Waals surface area (Å²) in [5.41, 5.74) is 2.47. The van der Waals surface area contributed by atoms with Crippen LogP contribution in [-0.4, -0.2) is 15.5 Å². The lowest BCUT2D eigenvalue weighted by Gasteiger charge is -2.21. The Morgan fingerprint density at radius 1 is 0.818 bits per heavy atom. The predicted octanol–water partition coefficient (Wildman–Crippen LogP) is 4.73. The summed E-state index contributed by atoms with van der Waals surface area (Å²) in [5.74, 6) is 1.60. The second-order valence-electron chi connectivity index (χ2n) is 7.62. The Balaban J connectivity index is 2.12. The van der Waals surface area contributed by atoms with Crippen LogP contribution in [0.1, 0.15) is 47.1 Å². The van der Waals surface area contributed by atoms with E-state index in [-0.39, 0.29) is 11.0 Å². The third-order valence-corrected chi connectivity index (χ3v) is 3.19. The van der Waals surface area contributed by atoms with Gasteiger partial charge < -0.3 is 10.6 Å². The summed E-state index contributed by atoms with van der Waals surface area (Å²) >= 11 is 0. The Morgan fingerprint density at radius 3 is 1.95 bits per heavy atom. The molecule has 22 heavy (non-hydrogen) atoms. The number of aromatic nitrogens is 2. The van der Waals surface area contributed by atoms with Crippen molar-refractivity contribution in [2.75, 3.05) is 10.6 Å². The van der Waals surface area contributed by atoms with Crippen molar-refractivity contribution in [1.82, 2.24) is 9.97 Å². The van der Waals surface area contributed by atoms with Crippen LogP contribution in [0.15, 0.2) is 36.7 Å². The molecule has 2 aromatic rings. The molecule has 0 unspecified atom stereocenters. The van der Waals surface area contributed by atoms with Gasteiger partial charge in [-0.25, -0.2) is 9.97 Å². The second kappa shape index (κ2) is 5.95. The number of anilines is 3. The molecule has 4 heteroatoms. The molecule has 0 aliphatic heterocycles. The highest BCUT2D eigenvalue weighted by Crippen LogP contribution is 2.25. The predicted molar refractivity (Wildman–Crippen MR) is 93.8 cm³/mol. The Labute approximate surface area is 133 Å². The van der Waals surface area contributed by atoms with Crippen LogP contribution in [0.25, 0.3) is 0 Å². The van der Waals surface area contributed by atoms with Crippen LogP contribution in [0, 0.1) is 0 Å². The maximum Gasteiger partial charge on any atom is 0.135 e. The summed E-state index contributed by atoms with van der Waals surface area (Å²) in [4.78, 5) is 8.52. The Bertz CT molecular complexity index is 619. The van der Waals surface area contributed by atoms with Crippen molar-refractivity contribution in [3.63, 3.8) is 0 Å². The number of hydrogen-bond donors (Lipinski definition) is 2. The van der Waals surface area contributed by atoms with E-state index in [0.29, 0.717) is 0 Å². The molecule has 0 radical (unpaired) electrons. The topological polar surface area (TPSA) is 49.8 Å². The van der Waals surface area contributed by atoms with Gasteiger partial charge in [-0.2, -0.15) is 0 Å². The summed E-state index contributed by atoms with van der Waals surface area (Å²) < 4.78 is 0. The molecule has 0 aliphatic carbocycles. The Hall–Kier alpha value is -2.10. The van der Waals surface area contributed by atoms with E-state index < -0.39 is 0 Å². The van der Waals surface area contributed by atoms with Gasteiger partial charge in [0, 0.05) is 17.3 Å². The van der Waals surface area contributed by atoms with Crippen LogP contribution in [0.3, 0.4) is 0 Å². The zero-order chi connectivity index (χ0) is 16.4. The molecule has 0 bridgehead atoms. The van der Waals surface area contributed by atoms with Crippen LogP contribution in [0.2, 0.25) is 0 Å². The first-order chi connectivity index (χ1) is 10.1. The van der Waals surface area contributed by atoms with E-state index in [2.05, 4.69) is 86.4 Å². The van der Waals surface area contributed by atoms with E-state index in [9.17, 15) is 0 Å². The Kier molecular flexibility index (Phi) is 4.40. The summed E-state index contributed by atoms with van der Waals surface area (Å²) in [6.45, 7) is 13.0. The average molecular weight is 298 g/mol. The fourth-order valence-electron chi connectivity index (χ4n) is 2.08. The largest absolute Gasteiger partial charge is 0.365 e. The lowest BCUT2D eigenvalue weighted by Crippen LogP contribution is -2.26. The van der Waals surface area contributed by atoms with Crippen LogP contribution >= 0.6 is 0 Å². The van der Waals surface area contributed by atoms with Gasteiger partial charge in [0.05, 0.1) is 0 Å². The van der Waals surface area contributed by atoms with Crippen molar-refractivity contribution in [1.29, 1.82) is 0 Å². The summed E-state index contributed by atoms with van der Waals surface area (Å²) in [5, 5.41) is 6.66. The standard InChI is InChI=1S/C18H26N4/c1-17(2,3)13-7-9-14(10-8-13)21-15-11-16(20-12-19-15)22-18(4,5)6/h7-12H,1-6H3,(H2,19,20,21,22). The number of nitrogens with zero attached hydrogens (tertiary/aromatic N) is 2. The van der Waals surface area contributed by atoms with Crippen molar-refractivity contribution in [3.8, 4) is 0 Å². The number of hydrogen-bond acceptors (Lipinski definition) is 4. The molecule has 0 atom stereocenters. The molecule has 0 saturated carbocycles. The minimum atomic E-state index is -0.0278. The maximum absolute atomic E-state index is 4.27. The minimum Gasteiger partial charge on any atom is -0.365 e. The van der Waals surface area contributed by atoms with Crippen LogP contribution in [-0.2, 0) is 5.41 Å². The van der Waals surface area contributed by atoms with Crippen molar-refractivity contribution in [2.45, 2.75) is 52.5 Å². The van der Waals surface area contributed by atoms with Crippen LogP contribution < -0.4 is 10.6 Å². The first-order valence-electron chi connectivity index (χ1n) is 7.61. The van der Waals surface area contributed by atoms with Crippen molar-refractivity contribution in [2.24, 2.45) is 0 Å². The normalized spacial score (nSPS) is 12.1. The molecule has 1 heterocycles. The molecule has 4 nitrogen and oxygen atoms in total. The third kappa shape index (κ3) is 4.72. The molecule has 0 saturated heterocycles. The first kappa shape index (κ1) is 16.3. The molecule has 1 aromatic heterocycles. The van der Waals surface area contributed by atoms with E-state index in [0.717, 1.165) is 17.3 Å². The molecule has 0 spiro atoms. The van der Waals surface area contributed by atoms with Gasteiger partial charge in [-0.05, 0) is 43.9 Å². The molecule has 0 aliphatic rings. The smallest absolute Gasteiger partial charge is 0.135 e. The highest BCUT2D eigenvalue weighted by Gasteiger charge is 2.13. The molecule has 118 valence electrons. The highest BCUT2D eigenvalue weighted by molar-refractivity contribution is 5.59. The zero-order valence-corrected chi connectivity index (χ0v) is 14.4. The minimum absolute atomic E-state index is 0.0278. The van der Waals surface area contributed by atoms with E-state index in [1.807, 2.05) is 6.07 Å². The van der Waals surface area contributed by atoms with Gasteiger partial charge in [0.1, 0.15) is 18.0 Å². The maximum atomic E-state index is 4.27. The van der Waals surface area contributed by atoms with E-state index in [1.165, 1.54) is 5.56 Å². The first-order valence-corrected chi connectivity index (χ1v) is 7.61. The number of benzene rings is 1. The monoisotopic (exact) mass is 298 g/mol. The average Bonchev–Trinajstić information content (AvgIpc) is 2.36. The molecule has 2 N–H and O–H groups in total. The lowest BCUT2D eigenvalue weighted by atomic mass is 9.87. The van der Waals surface area contributed by atoms with Gasteiger partial charge in [-0.1, -0.05) is 32.9 Å². The molecule has 0 amide bonds. The lowest BCUT2D eigenvalue weighted by molar-refractivity contribution is 0.590. The summed E-state index contributed by atoms with van der Waals surface area (Å²) in [6, 6.07) is 10.4. The van der Waals surface area contributed by atoms with Crippen LogP contribution in [0.5, 0.6) is 0 Å². The zero-order valence-electron chi connectivity index (χ0n) is 14.4. The quantitative estimate of drug-likeness (QED) is 0.860.